The van der Waals surface area contributed by atoms with Gasteiger partial charge < -0.3 is 10.6 Å². The Bertz CT molecular complexity index is 621. The average Bonchev–Trinajstić information content (AvgIpc) is 2.48. The number of urea groups is 1. The van der Waals surface area contributed by atoms with Crippen molar-refractivity contribution < 1.29 is 4.79 Å². The average molecular weight is 361 g/mol. The van der Waals surface area contributed by atoms with E-state index in [2.05, 4.69) is 40.4 Å². The van der Waals surface area contributed by atoms with Crippen molar-refractivity contribution >= 4 is 27.6 Å². The molecule has 1 atom stereocenters. The summed E-state index contributed by atoms with van der Waals surface area (Å²) in [6.45, 7) is 6.26. The summed E-state index contributed by atoms with van der Waals surface area (Å²) in [5, 5.41) is 5.80. The van der Waals surface area contributed by atoms with Crippen molar-refractivity contribution in [1.29, 1.82) is 0 Å². The summed E-state index contributed by atoms with van der Waals surface area (Å²) in [5.41, 5.74) is 3.12. The van der Waals surface area contributed by atoms with Crippen LogP contribution in [0.15, 0.2) is 53.0 Å². The fraction of sp³-hybridized carbons (Fsp3) is 0.278. The van der Waals surface area contributed by atoms with E-state index >= 15 is 0 Å². The van der Waals surface area contributed by atoms with Gasteiger partial charge in [-0.15, -0.1) is 0 Å². The van der Waals surface area contributed by atoms with Crippen molar-refractivity contribution in [2.75, 3.05) is 5.32 Å². The first-order valence-electron chi connectivity index (χ1n) is 7.38. The normalized spacial score (nSPS) is 12.0. The topological polar surface area (TPSA) is 41.1 Å². The van der Waals surface area contributed by atoms with Crippen molar-refractivity contribution in [3.63, 3.8) is 0 Å². The van der Waals surface area contributed by atoms with Gasteiger partial charge in [0.25, 0.3) is 0 Å². The van der Waals surface area contributed by atoms with Crippen molar-refractivity contribution in [2.45, 2.75) is 32.7 Å². The summed E-state index contributed by atoms with van der Waals surface area (Å²) in [7, 11) is 0. The second kappa shape index (κ2) is 7.45. The minimum absolute atomic E-state index is 0.0527. The maximum Gasteiger partial charge on any atom is 0.319 e. The molecule has 0 saturated heterocycles. The molecule has 2 aromatic rings. The zero-order valence-electron chi connectivity index (χ0n) is 13.1. The van der Waals surface area contributed by atoms with Crippen LogP contribution in [0.3, 0.4) is 0 Å². The number of rotatable bonds is 4. The van der Waals surface area contributed by atoms with Gasteiger partial charge >= 0.3 is 6.03 Å². The molecule has 0 aromatic heterocycles. The van der Waals surface area contributed by atoms with Crippen molar-refractivity contribution in [3.05, 3.63) is 64.1 Å². The molecule has 2 aromatic carbocycles. The van der Waals surface area contributed by atoms with Crippen LogP contribution in [0.25, 0.3) is 0 Å². The Morgan fingerprint density at radius 2 is 1.45 bits per heavy atom. The standard InChI is InChI=1S/C18H21BrN2O/c1-12(2)14-6-10-17(11-7-14)21-18(22)20-13(3)15-4-8-16(19)9-5-15/h4-13H,1-3H3,(H2,20,21,22). The van der Waals surface area contributed by atoms with E-state index in [-0.39, 0.29) is 12.1 Å². The molecule has 0 saturated carbocycles. The lowest BCUT2D eigenvalue weighted by molar-refractivity contribution is 0.249. The Morgan fingerprint density at radius 1 is 0.909 bits per heavy atom. The van der Waals surface area contributed by atoms with Crippen LogP contribution >= 0.6 is 15.9 Å². The number of halogens is 1. The van der Waals surface area contributed by atoms with Crippen LogP contribution in [-0.2, 0) is 0 Å². The second-order valence-electron chi connectivity index (χ2n) is 5.65. The molecule has 0 radical (unpaired) electrons. The van der Waals surface area contributed by atoms with Crippen molar-refractivity contribution in [3.8, 4) is 0 Å². The van der Waals surface area contributed by atoms with Crippen LogP contribution in [0.2, 0.25) is 0 Å². The highest BCUT2D eigenvalue weighted by Crippen LogP contribution is 2.18. The van der Waals surface area contributed by atoms with Gasteiger partial charge in [-0.1, -0.05) is 54.0 Å². The van der Waals surface area contributed by atoms with E-state index in [9.17, 15) is 4.79 Å². The minimum atomic E-state index is -0.201. The highest BCUT2D eigenvalue weighted by Gasteiger charge is 2.09. The smallest absolute Gasteiger partial charge is 0.319 e. The molecule has 22 heavy (non-hydrogen) atoms. The van der Waals surface area contributed by atoms with Crippen LogP contribution < -0.4 is 10.6 Å². The van der Waals surface area contributed by atoms with Gasteiger partial charge in [0.2, 0.25) is 0 Å². The SMILES string of the molecule is CC(C)c1ccc(NC(=O)NC(C)c2ccc(Br)cc2)cc1. The van der Waals surface area contributed by atoms with Gasteiger partial charge in [-0.05, 0) is 48.2 Å². The monoisotopic (exact) mass is 360 g/mol. The first-order chi connectivity index (χ1) is 10.5. The molecule has 0 fully saturated rings. The first kappa shape index (κ1) is 16.6. The number of carbonyl (C=O) groups excluding carboxylic acids is 1. The molecule has 0 bridgehead atoms. The third-order valence-electron chi connectivity index (χ3n) is 3.55. The molecule has 116 valence electrons. The predicted octanol–water partition coefficient (Wildman–Crippen LogP) is 5.46. The Morgan fingerprint density at radius 3 is 2.00 bits per heavy atom. The van der Waals surface area contributed by atoms with E-state index in [0.717, 1.165) is 15.7 Å². The summed E-state index contributed by atoms with van der Waals surface area (Å²) in [4.78, 5) is 12.1. The van der Waals surface area contributed by atoms with Crippen LogP contribution in [0.4, 0.5) is 10.5 Å². The van der Waals surface area contributed by atoms with Gasteiger partial charge in [0, 0.05) is 10.2 Å². The highest BCUT2D eigenvalue weighted by atomic mass is 79.9. The molecule has 0 aliphatic rings. The molecule has 4 heteroatoms. The van der Waals surface area contributed by atoms with Gasteiger partial charge in [-0.3, -0.25) is 0 Å². The number of carbonyl (C=O) groups is 1. The maximum absolute atomic E-state index is 12.1. The maximum atomic E-state index is 12.1. The quantitative estimate of drug-likeness (QED) is 0.746. The third-order valence-corrected chi connectivity index (χ3v) is 4.08. The predicted molar refractivity (Wildman–Crippen MR) is 95.2 cm³/mol. The highest BCUT2D eigenvalue weighted by molar-refractivity contribution is 9.10. The van der Waals surface area contributed by atoms with Crippen LogP contribution in [-0.4, -0.2) is 6.03 Å². The number of nitrogens with one attached hydrogen (secondary N) is 2. The molecule has 0 spiro atoms. The molecule has 0 aliphatic heterocycles. The van der Waals surface area contributed by atoms with E-state index < -0.39 is 0 Å². The lowest BCUT2D eigenvalue weighted by Crippen LogP contribution is -2.31. The fourth-order valence-corrected chi connectivity index (χ4v) is 2.41. The Hall–Kier alpha value is -1.81. The molecule has 0 aliphatic carbocycles. The number of hydrogen-bond donors (Lipinski definition) is 2. The number of anilines is 1. The third kappa shape index (κ3) is 4.60. The van der Waals surface area contributed by atoms with E-state index in [1.807, 2.05) is 55.5 Å². The Labute approximate surface area is 140 Å². The summed E-state index contributed by atoms with van der Waals surface area (Å²) >= 11 is 3.41. The Kier molecular flexibility index (Phi) is 5.61. The largest absolute Gasteiger partial charge is 0.331 e. The fourth-order valence-electron chi connectivity index (χ4n) is 2.15. The molecule has 2 amide bonds. The van der Waals surface area contributed by atoms with E-state index in [0.29, 0.717) is 5.92 Å². The Balaban J connectivity index is 1.93. The second-order valence-corrected chi connectivity index (χ2v) is 6.56. The minimum Gasteiger partial charge on any atom is -0.331 e. The van der Waals surface area contributed by atoms with Crippen LogP contribution in [0.5, 0.6) is 0 Å². The van der Waals surface area contributed by atoms with Gasteiger partial charge in [0.1, 0.15) is 0 Å². The van der Waals surface area contributed by atoms with Gasteiger partial charge in [0.15, 0.2) is 0 Å². The summed E-state index contributed by atoms with van der Waals surface area (Å²) < 4.78 is 1.03. The summed E-state index contributed by atoms with van der Waals surface area (Å²) in [6.07, 6.45) is 0. The van der Waals surface area contributed by atoms with Gasteiger partial charge in [-0.2, -0.15) is 0 Å². The van der Waals surface area contributed by atoms with E-state index in [1.54, 1.807) is 0 Å². The van der Waals surface area contributed by atoms with Crippen LogP contribution in [0, 0.1) is 0 Å². The van der Waals surface area contributed by atoms with Gasteiger partial charge in [-0.25, -0.2) is 4.79 Å². The van der Waals surface area contributed by atoms with Crippen molar-refractivity contribution in [2.24, 2.45) is 0 Å². The van der Waals surface area contributed by atoms with Crippen molar-refractivity contribution in [1.82, 2.24) is 5.32 Å². The lowest BCUT2D eigenvalue weighted by Gasteiger charge is -2.15. The molecule has 2 rings (SSSR count). The summed E-state index contributed by atoms with van der Waals surface area (Å²) in [6, 6.07) is 15.6. The molecular formula is C18H21BrN2O. The van der Waals surface area contributed by atoms with E-state index in [1.165, 1.54) is 5.56 Å². The number of amides is 2. The molecule has 2 N–H and O–H groups in total. The number of benzene rings is 2. The molecule has 1 unspecified atom stereocenters. The molecule has 3 nitrogen and oxygen atoms in total. The van der Waals surface area contributed by atoms with E-state index in [4.69, 9.17) is 0 Å². The zero-order valence-corrected chi connectivity index (χ0v) is 14.6. The summed E-state index contributed by atoms with van der Waals surface area (Å²) in [5.74, 6) is 0.486. The van der Waals surface area contributed by atoms with Crippen LogP contribution in [0.1, 0.15) is 43.9 Å². The zero-order chi connectivity index (χ0) is 16.1. The number of hydrogen-bond acceptors (Lipinski definition) is 1. The van der Waals surface area contributed by atoms with Gasteiger partial charge in [0.05, 0.1) is 6.04 Å². The first-order valence-corrected chi connectivity index (χ1v) is 8.18. The molecular weight excluding hydrogens is 340 g/mol. The molecule has 0 heterocycles. The lowest BCUT2D eigenvalue weighted by atomic mass is 10.0.